The van der Waals surface area contributed by atoms with Crippen molar-refractivity contribution in [2.75, 3.05) is 13.1 Å². The van der Waals surface area contributed by atoms with E-state index in [-0.39, 0.29) is 36.4 Å². The highest BCUT2D eigenvalue weighted by molar-refractivity contribution is 5.91. The second-order valence-corrected chi connectivity index (χ2v) is 10.3. The van der Waals surface area contributed by atoms with Gasteiger partial charge >= 0.3 is 5.97 Å². The summed E-state index contributed by atoms with van der Waals surface area (Å²) in [5.41, 5.74) is 1.57. The highest BCUT2D eigenvalue weighted by Gasteiger charge is 2.38. The minimum absolute atomic E-state index is 0.0470. The van der Waals surface area contributed by atoms with Gasteiger partial charge in [0, 0.05) is 25.4 Å². The van der Waals surface area contributed by atoms with Crippen LogP contribution >= 0.6 is 0 Å². The highest BCUT2D eigenvalue weighted by Crippen LogP contribution is 2.21. The molecule has 0 radical (unpaired) electrons. The van der Waals surface area contributed by atoms with Crippen LogP contribution in [0.1, 0.15) is 43.2 Å². The van der Waals surface area contributed by atoms with Gasteiger partial charge in [-0.1, -0.05) is 42.5 Å². The number of likely N-dealkylation sites (tertiary alicyclic amines) is 1. The summed E-state index contributed by atoms with van der Waals surface area (Å²) in [6.07, 6.45) is 3.28. The van der Waals surface area contributed by atoms with Crippen molar-refractivity contribution in [2.24, 2.45) is 0 Å². The molecule has 1 unspecified atom stereocenters. The number of rotatable bonds is 11. The molecule has 39 heavy (non-hydrogen) atoms. The van der Waals surface area contributed by atoms with Crippen LogP contribution in [0.25, 0.3) is 0 Å². The van der Waals surface area contributed by atoms with E-state index in [4.69, 9.17) is 0 Å². The summed E-state index contributed by atoms with van der Waals surface area (Å²) < 4.78 is 0. The fourth-order valence-electron chi connectivity index (χ4n) is 5.31. The SMILES string of the molecule is O=C(CC(Cc1ccccc1)NC(=O)[C@@H]1CCCN1C(=O)[C@@H]1CCCN1)N[C@@H](Cc1ccc(O)cc1)C(=O)O. The third kappa shape index (κ3) is 7.79. The molecule has 5 N–H and O–H groups in total. The van der Waals surface area contributed by atoms with Crippen LogP contribution in [0.15, 0.2) is 54.6 Å². The fourth-order valence-corrected chi connectivity index (χ4v) is 5.31. The molecule has 0 aliphatic carbocycles. The van der Waals surface area contributed by atoms with E-state index in [0.717, 1.165) is 31.4 Å². The molecule has 10 heteroatoms. The van der Waals surface area contributed by atoms with E-state index in [2.05, 4.69) is 16.0 Å². The Hall–Kier alpha value is -3.92. The normalized spacial score (nSPS) is 20.3. The van der Waals surface area contributed by atoms with Gasteiger partial charge in [0.25, 0.3) is 0 Å². The third-order valence-corrected chi connectivity index (χ3v) is 7.31. The van der Waals surface area contributed by atoms with E-state index in [1.165, 1.54) is 12.1 Å². The zero-order chi connectivity index (χ0) is 27.8. The smallest absolute Gasteiger partial charge is 0.326 e. The maximum Gasteiger partial charge on any atom is 0.326 e. The molecule has 2 aromatic rings. The molecule has 2 heterocycles. The summed E-state index contributed by atoms with van der Waals surface area (Å²) >= 11 is 0. The van der Waals surface area contributed by atoms with E-state index >= 15 is 0 Å². The molecule has 4 atom stereocenters. The van der Waals surface area contributed by atoms with Gasteiger partial charge in [0.2, 0.25) is 17.7 Å². The number of phenols is 1. The number of hydrogen-bond donors (Lipinski definition) is 5. The Labute approximate surface area is 227 Å². The van der Waals surface area contributed by atoms with Crippen LogP contribution in [0, 0.1) is 0 Å². The first-order chi connectivity index (χ1) is 18.8. The lowest BCUT2D eigenvalue weighted by Gasteiger charge is -2.28. The number of nitrogens with zero attached hydrogens (tertiary/aromatic N) is 1. The number of carbonyl (C=O) groups is 4. The second kappa shape index (κ2) is 13.2. The topological polar surface area (TPSA) is 148 Å². The van der Waals surface area contributed by atoms with E-state index in [9.17, 15) is 29.4 Å². The molecular formula is C29H36N4O6. The molecule has 4 rings (SSSR count). The number of amides is 3. The molecule has 2 aliphatic heterocycles. The molecule has 0 saturated carbocycles. The minimum atomic E-state index is -1.18. The Morgan fingerprint density at radius 3 is 2.31 bits per heavy atom. The van der Waals surface area contributed by atoms with Crippen molar-refractivity contribution in [1.29, 1.82) is 0 Å². The van der Waals surface area contributed by atoms with Gasteiger partial charge in [0.05, 0.1) is 6.04 Å². The summed E-state index contributed by atoms with van der Waals surface area (Å²) in [5.74, 6) is -1.97. The highest BCUT2D eigenvalue weighted by atomic mass is 16.4. The first kappa shape index (κ1) is 28.1. The summed E-state index contributed by atoms with van der Waals surface area (Å²) in [4.78, 5) is 52.9. The number of aliphatic carboxylic acids is 1. The lowest BCUT2D eigenvalue weighted by atomic mass is 10.0. The monoisotopic (exact) mass is 536 g/mol. The molecule has 10 nitrogen and oxygen atoms in total. The maximum atomic E-state index is 13.4. The van der Waals surface area contributed by atoms with Gasteiger partial charge in [-0.15, -0.1) is 0 Å². The van der Waals surface area contributed by atoms with Gasteiger partial charge in [-0.2, -0.15) is 0 Å². The van der Waals surface area contributed by atoms with Crippen molar-refractivity contribution < 1.29 is 29.4 Å². The molecule has 0 bridgehead atoms. The predicted octanol–water partition coefficient (Wildman–Crippen LogP) is 1.36. The fraction of sp³-hybridized carbons (Fsp3) is 0.448. The molecule has 2 aliphatic rings. The van der Waals surface area contributed by atoms with Crippen molar-refractivity contribution in [3.63, 3.8) is 0 Å². The zero-order valence-corrected chi connectivity index (χ0v) is 21.8. The number of nitrogens with one attached hydrogen (secondary N) is 3. The number of carboxylic acid groups (broad SMARTS) is 1. The van der Waals surface area contributed by atoms with Gasteiger partial charge in [0.1, 0.15) is 17.8 Å². The summed E-state index contributed by atoms with van der Waals surface area (Å²) in [7, 11) is 0. The van der Waals surface area contributed by atoms with Crippen molar-refractivity contribution in [1.82, 2.24) is 20.9 Å². The number of benzene rings is 2. The standard InChI is InChI=1S/C29H36N4O6/c34-22-12-10-20(11-13-22)17-24(29(38)39)32-26(35)18-21(16-19-6-2-1-3-7-19)31-27(36)25-9-5-15-33(25)28(37)23-8-4-14-30-23/h1-3,6-7,10-13,21,23-25,30,34H,4-5,8-9,14-18H2,(H,31,36)(H,32,35)(H,38,39)/t21?,23-,24-,25-/m0/s1. The number of hydrogen-bond acceptors (Lipinski definition) is 6. The lowest BCUT2D eigenvalue weighted by Crippen LogP contribution is -2.53. The second-order valence-electron chi connectivity index (χ2n) is 10.3. The van der Waals surface area contributed by atoms with Crippen LogP contribution in [0.2, 0.25) is 0 Å². The molecular weight excluding hydrogens is 500 g/mol. The molecule has 0 spiro atoms. The minimum Gasteiger partial charge on any atom is -0.508 e. The lowest BCUT2D eigenvalue weighted by molar-refractivity contribution is -0.142. The average molecular weight is 537 g/mol. The number of aromatic hydroxyl groups is 1. The van der Waals surface area contributed by atoms with E-state index in [1.54, 1.807) is 17.0 Å². The van der Waals surface area contributed by atoms with Gasteiger partial charge in [0.15, 0.2) is 0 Å². The van der Waals surface area contributed by atoms with E-state index in [0.29, 0.717) is 24.9 Å². The number of phenolic OH excluding ortho intramolecular Hbond substituents is 1. The Morgan fingerprint density at radius 2 is 1.64 bits per heavy atom. The molecule has 2 aromatic carbocycles. The van der Waals surface area contributed by atoms with E-state index in [1.807, 2.05) is 30.3 Å². The molecule has 3 amide bonds. The number of carbonyl (C=O) groups excluding carboxylic acids is 3. The molecule has 208 valence electrons. The molecule has 0 aromatic heterocycles. The third-order valence-electron chi connectivity index (χ3n) is 7.31. The van der Waals surface area contributed by atoms with Crippen LogP contribution in [-0.4, -0.2) is 76.1 Å². The van der Waals surface area contributed by atoms with E-state index < -0.39 is 30.0 Å². The quantitative estimate of drug-likeness (QED) is 0.291. The largest absolute Gasteiger partial charge is 0.508 e. The van der Waals surface area contributed by atoms with Crippen molar-refractivity contribution >= 4 is 23.7 Å². The first-order valence-corrected chi connectivity index (χ1v) is 13.5. The zero-order valence-electron chi connectivity index (χ0n) is 21.8. The van der Waals surface area contributed by atoms with Crippen LogP contribution in [0.5, 0.6) is 5.75 Å². The van der Waals surface area contributed by atoms with Gasteiger partial charge in [-0.05, 0) is 61.9 Å². The van der Waals surface area contributed by atoms with Crippen molar-refractivity contribution in [3.05, 3.63) is 65.7 Å². The van der Waals surface area contributed by atoms with Gasteiger partial charge < -0.3 is 31.1 Å². The van der Waals surface area contributed by atoms with Crippen molar-refractivity contribution in [2.45, 2.75) is 69.1 Å². The predicted molar refractivity (Wildman–Crippen MR) is 144 cm³/mol. The Balaban J connectivity index is 1.42. The van der Waals surface area contributed by atoms with Crippen molar-refractivity contribution in [3.8, 4) is 5.75 Å². The molecule has 2 saturated heterocycles. The van der Waals surface area contributed by atoms with Crippen LogP contribution in [0.4, 0.5) is 0 Å². The Morgan fingerprint density at radius 1 is 0.923 bits per heavy atom. The van der Waals surface area contributed by atoms with Crippen LogP contribution in [-0.2, 0) is 32.0 Å². The Kier molecular flexibility index (Phi) is 9.54. The van der Waals surface area contributed by atoms with Gasteiger partial charge in [-0.25, -0.2) is 4.79 Å². The number of carboxylic acids is 1. The van der Waals surface area contributed by atoms with Crippen LogP contribution in [0.3, 0.4) is 0 Å². The Bertz CT molecular complexity index is 1150. The van der Waals surface area contributed by atoms with Gasteiger partial charge in [-0.3, -0.25) is 14.4 Å². The van der Waals surface area contributed by atoms with Crippen LogP contribution < -0.4 is 16.0 Å². The summed E-state index contributed by atoms with van der Waals surface area (Å²) in [5, 5.41) is 27.9. The summed E-state index contributed by atoms with van der Waals surface area (Å²) in [6.45, 7) is 1.32. The molecule has 2 fully saturated rings. The maximum absolute atomic E-state index is 13.4. The summed E-state index contributed by atoms with van der Waals surface area (Å²) in [6, 6.07) is 12.9. The first-order valence-electron chi connectivity index (χ1n) is 13.5. The average Bonchev–Trinajstić information content (AvgIpc) is 3.62.